The molecule has 0 radical (unpaired) electrons. The summed E-state index contributed by atoms with van der Waals surface area (Å²) in [7, 11) is 1.36. The molecule has 1 atom stereocenters. The van der Waals surface area contributed by atoms with Crippen molar-refractivity contribution < 1.29 is 14.3 Å². The fourth-order valence-corrected chi connectivity index (χ4v) is 3.26. The summed E-state index contributed by atoms with van der Waals surface area (Å²) in [5, 5.41) is -0.523. The molecule has 0 aliphatic rings. The van der Waals surface area contributed by atoms with Crippen molar-refractivity contribution in [2.45, 2.75) is 12.2 Å². The number of thioether (sulfide) groups is 1. The zero-order chi connectivity index (χ0) is 13.5. The lowest BCUT2D eigenvalue weighted by Crippen LogP contribution is -2.14. The molecule has 0 heterocycles. The molecule has 18 heavy (non-hydrogen) atoms. The number of methoxy groups -OCH3 is 1. The van der Waals surface area contributed by atoms with Gasteiger partial charge in [0.25, 0.3) is 0 Å². The van der Waals surface area contributed by atoms with Crippen LogP contribution >= 0.6 is 39.9 Å². The molecule has 0 fully saturated rings. The summed E-state index contributed by atoms with van der Waals surface area (Å²) < 4.78 is 11.2. The Morgan fingerprint density at radius 2 is 2.17 bits per heavy atom. The van der Waals surface area contributed by atoms with Crippen molar-refractivity contribution in [2.75, 3.05) is 13.7 Å². The van der Waals surface area contributed by atoms with E-state index < -0.39 is 5.25 Å². The minimum atomic E-state index is -0.523. The van der Waals surface area contributed by atoms with E-state index in [0.717, 1.165) is 10.0 Å². The van der Waals surface area contributed by atoms with Crippen LogP contribution in [0.1, 0.15) is 17.7 Å². The molecule has 1 rings (SSSR count). The van der Waals surface area contributed by atoms with Crippen molar-refractivity contribution in [3.8, 4) is 0 Å². The third-order valence-corrected chi connectivity index (χ3v) is 4.20. The van der Waals surface area contributed by atoms with Gasteiger partial charge in [-0.05, 0) is 30.8 Å². The van der Waals surface area contributed by atoms with E-state index in [2.05, 4.69) is 15.9 Å². The van der Waals surface area contributed by atoms with E-state index in [-0.39, 0.29) is 5.97 Å². The molecular formula is C12H13BrO3S2. The molecule has 3 nitrogen and oxygen atoms in total. The lowest BCUT2D eigenvalue weighted by molar-refractivity contribution is -0.140. The first kappa shape index (κ1) is 15.5. The Morgan fingerprint density at radius 3 is 2.72 bits per heavy atom. The number of halogens is 1. The second-order valence-corrected chi connectivity index (χ2v) is 5.79. The second-order valence-electron chi connectivity index (χ2n) is 3.23. The zero-order valence-corrected chi connectivity index (χ0v) is 13.2. The fraction of sp³-hybridized carbons (Fsp3) is 0.333. The Kier molecular flexibility index (Phi) is 6.67. The number of hydrogen-bond donors (Lipinski definition) is 0. The van der Waals surface area contributed by atoms with Crippen molar-refractivity contribution in [3.63, 3.8) is 0 Å². The van der Waals surface area contributed by atoms with E-state index in [4.69, 9.17) is 21.7 Å². The van der Waals surface area contributed by atoms with Crippen molar-refractivity contribution in [3.05, 3.63) is 34.3 Å². The van der Waals surface area contributed by atoms with Gasteiger partial charge in [-0.3, -0.25) is 4.79 Å². The Morgan fingerprint density at radius 1 is 1.50 bits per heavy atom. The largest absolute Gasteiger partial charge is 0.479 e. The van der Waals surface area contributed by atoms with Gasteiger partial charge in [0.05, 0.1) is 13.7 Å². The molecule has 1 aromatic carbocycles. The highest BCUT2D eigenvalue weighted by atomic mass is 79.9. The average molecular weight is 349 g/mol. The van der Waals surface area contributed by atoms with Gasteiger partial charge in [0.15, 0.2) is 0 Å². The van der Waals surface area contributed by atoms with E-state index in [1.54, 1.807) is 0 Å². The van der Waals surface area contributed by atoms with Gasteiger partial charge in [-0.2, -0.15) is 0 Å². The zero-order valence-electron chi connectivity index (χ0n) is 10.0. The molecule has 98 valence electrons. The first-order chi connectivity index (χ1) is 8.60. The highest BCUT2D eigenvalue weighted by molar-refractivity contribution is 9.10. The maximum Gasteiger partial charge on any atom is 0.323 e. The van der Waals surface area contributed by atoms with Crippen molar-refractivity contribution in [1.29, 1.82) is 0 Å². The highest BCUT2D eigenvalue weighted by Crippen LogP contribution is 2.35. The molecule has 0 saturated heterocycles. The molecule has 0 unspecified atom stereocenters. The normalized spacial score (nSPS) is 11.7. The first-order valence-electron chi connectivity index (χ1n) is 5.25. The molecular weight excluding hydrogens is 336 g/mol. The number of hydrogen-bond acceptors (Lipinski definition) is 5. The van der Waals surface area contributed by atoms with Crippen molar-refractivity contribution >= 4 is 50.3 Å². The quantitative estimate of drug-likeness (QED) is 0.612. The molecule has 0 spiro atoms. The number of ether oxygens (including phenoxy) is 2. The summed E-state index contributed by atoms with van der Waals surface area (Å²) in [4.78, 5) is 11.8. The molecule has 1 aromatic rings. The van der Waals surface area contributed by atoms with Gasteiger partial charge >= 0.3 is 5.97 Å². The van der Waals surface area contributed by atoms with Gasteiger partial charge in [0.1, 0.15) is 5.25 Å². The van der Waals surface area contributed by atoms with Crippen LogP contribution in [0.4, 0.5) is 0 Å². The minimum Gasteiger partial charge on any atom is -0.479 e. The van der Waals surface area contributed by atoms with Crippen LogP contribution in [0, 0.1) is 0 Å². The molecule has 0 aliphatic carbocycles. The van der Waals surface area contributed by atoms with E-state index in [1.807, 2.05) is 31.2 Å². The lowest BCUT2D eigenvalue weighted by Gasteiger charge is -2.16. The Labute approximate surface area is 124 Å². The predicted molar refractivity (Wildman–Crippen MR) is 80.7 cm³/mol. The van der Waals surface area contributed by atoms with Gasteiger partial charge in [-0.1, -0.05) is 45.9 Å². The number of thiocarbonyl (C=S) groups is 1. The lowest BCUT2D eigenvalue weighted by atomic mass is 10.1. The number of rotatable bonds is 4. The van der Waals surface area contributed by atoms with E-state index in [9.17, 15) is 4.79 Å². The smallest absolute Gasteiger partial charge is 0.323 e. The Hall–Kier alpha value is -0.590. The molecule has 0 bridgehead atoms. The SMILES string of the molecule is CCOC(=S)S[C@@H](C(=O)OC)c1ccccc1Br. The van der Waals surface area contributed by atoms with Crippen molar-refractivity contribution in [1.82, 2.24) is 0 Å². The Balaban J connectivity index is 2.96. The maximum absolute atomic E-state index is 11.8. The number of benzene rings is 1. The van der Waals surface area contributed by atoms with E-state index in [1.165, 1.54) is 18.9 Å². The molecule has 0 aromatic heterocycles. The first-order valence-corrected chi connectivity index (χ1v) is 7.33. The Bertz CT molecular complexity index is 437. The molecule has 0 N–H and O–H groups in total. The van der Waals surface area contributed by atoms with Gasteiger partial charge in [-0.25, -0.2) is 0 Å². The van der Waals surface area contributed by atoms with Crippen LogP contribution in [0.25, 0.3) is 0 Å². The monoisotopic (exact) mass is 348 g/mol. The molecule has 6 heteroatoms. The van der Waals surface area contributed by atoms with Gasteiger partial charge in [0, 0.05) is 4.47 Å². The summed E-state index contributed by atoms with van der Waals surface area (Å²) in [6.07, 6.45) is 0. The van der Waals surface area contributed by atoms with Crippen LogP contribution < -0.4 is 0 Å². The van der Waals surface area contributed by atoms with E-state index >= 15 is 0 Å². The molecule has 0 amide bonds. The second kappa shape index (κ2) is 7.76. The third kappa shape index (κ3) is 4.26. The third-order valence-electron chi connectivity index (χ3n) is 2.08. The van der Waals surface area contributed by atoms with Gasteiger partial charge < -0.3 is 9.47 Å². The summed E-state index contributed by atoms with van der Waals surface area (Å²) in [6, 6.07) is 7.47. The van der Waals surface area contributed by atoms with Gasteiger partial charge in [0.2, 0.25) is 4.38 Å². The fourth-order valence-electron chi connectivity index (χ4n) is 1.28. The summed E-state index contributed by atoms with van der Waals surface area (Å²) in [6.45, 7) is 2.33. The predicted octanol–water partition coefficient (Wildman–Crippen LogP) is 3.72. The van der Waals surface area contributed by atoms with Crippen LogP contribution in [0.2, 0.25) is 0 Å². The minimum absolute atomic E-state index is 0.337. The molecule has 0 saturated carbocycles. The standard InChI is InChI=1S/C12H13BrO3S2/c1-3-16-12(17)18-10(11(14)15-2)8-6-4-5-7-9(8)13/h4-7,10H,3H2,1-2H3/t10-/m1/s1. The topological polar surface area (TPSA) is 35.5 Å². The number of esters is 1. The average Bonchev–Trinajstić information content (AvgIpc) is 2.36. The summed E-state index contributed by atoms with van der Waals surface area (Å²) >= 11 is 9.65. The number of carbonyl (C=O) groups is 1. The van der Waals surface area contributed by atoms with Crippen LogP contribution in [-0.4, -0.2) is 24.1 Å². The van der Waals surface area contributed by atoms with Crippen LogP contribution in [0.15, 0.2) is 28.7 Å². The number of carbonyl (C=O) groups excluding carboxylic acids is 1. The van der Waals surface area contributed by atoms with Crippen LogP contribution in [0.5, 0.6) is 0 Å². The maximum atomic E-state index is 11.8. The van der Waals surface area contributed by atoms with Gasteiger partial charge in [-0.15, -0.1) is 0 Å². The summed E-state index contributed by atoms with van der Waals surface area (Å²) in [5.41, 5.74) is 0.816. The highest BCUT2D eigenvalue weighted by Gasteiger charge is 2.26. The van der Waals surface area contributed by atoms with Crippen molar-refractivity contribution in [2.24, 2.45) is 0 Å². The molecule has 0 aliphatic heterocycles. The van der Waals surface area contributed by atoms with E-state index in [0.29, 0.717) is 11.0 Å². The van der Waals surface area contributed by atoms with Crippen LogP contribution in [0.3, 0.4) is 0 Å². The van der Waals surface area contributed by atoms with Crippen LogP contribution in [-0.2, 0) is 14.3 Å². The summed E-state index contributed by atoms with van der Waals surface area (Å²) in [5.74, 6) is -0.353.